The van der Waals surface area contributed by atoms with Gasteiger partial charge in [-0.05, 0) is 31.0 Å². The van der Waals surface area contributed by atoms with Gasteiger partial charge in [-0.25, -0.2) is 4.79 Å². The van der Waals surface area contributed by atoms with E-state index in [9.17, 15) is 9.59 Å². The number of carbonyl (C=O) groups is 2. The summed E-state index contributed by atoms with van der Waals surface area (Å²) in [6.07, 6.45) is 0.847. The van der Waals surface area contributed by atoms with Crippen LogP contribution in [0.5, 0.6) is 5.75 Å². The molecule has 1 heterocycles. The highest BCUT2D eigenvalue weighted by Gasteiger charge is 2.22. The summed E-state index contributed by atoms with van der Waals surface area (Å²) in [6.45, 7) is 2.70. The zero-order valence-corrected chi connectivity index (χ0v) is 9.81. The quantitative estimate of drug-likeness (QED) is 0.746. The number of rotatable bonds is 1. The lowest BCUT2D eigenvalue weighted by molar-refractivity contribution is -0.121. The highest BCUT2D eigenvalue weighted by Crippen LogP contribution is 2.15. The molecule has 0 spiro atoms. The van der Waals surface area contributed by atoms with Crippen molar-refractivity contribution in [2.75, 3.05) is 13.1 Å². The summed E-state index contributed by atoms with van der Waals surface area (Å²) in [6, 6.07) is 7.29. The van der Waals surface area contributed by atoms with Gasteiger partial charge in [0, 0.05) is 13.0 Å². The van der Waals surface area contributed by atoms with Crippen molar-refractivity contribution in [1.82, 2.24) is 4.90 Å². The highest BCUT2D eigenvalue weighted by atomic mass is 16.6. The Bertz CT molecular complexity index is 442. The third-order valence-corrected chi connectivity index (χ3v) is 2.70. The smallest absolute Gasteiger partial charge is 0.410 e. The Kier molecular flexibility index (Phi) is 3.42. The first-order valence-electron chi connectivity index (χ1n) is 5.70. The molecule has 17 heavy (non-hydrogen) atoms. The Hall–Kier alpha value is -1.84. The molecule has 0 bridgehead atoms. The molecule has 1 aliphatic rings. The molecule has 1 saturated heterocycles. The standard InChI is InChI=1S/C13H15NO3/c1-10-4-2-6-12(8-10)17-13(16)14-7-3-5-11(15)9-14/h2,4,6,8H,3,5,7,9H2,1H3. The Morgan fingerprint density at radius 3 is 2.94 bits per heavy atom. The van der Waals surface area contributed by atoms with E-state index in [0.717, 1.165) is 12.0 Å². The van der Waals surface area contributed by atoms with Gasteiger partial charge in [-0.2, -0.15) is 0 Å². The molecular weight excluding hydrogens is 218 g/mol. The van der Waals surface area contributed by atoms with Crippen molar-refractivity contribution in [2.45, 2.75) is 19.8 Å². The summed E-state index contributed by atoms with van der Waals surface area (Å²) >= 11 is 0. The Labute approximate surface area is 100 Å². The molecule has 1 aromatic carbocycles. The van der Waals surface area contributed by atoms with Gasteiger partial charge in [0.1, 0.15) is 5.75 Å². The molecule has 1 aliphatic heterocycles. The second kappa shape index (κ2) is 4.99. The zero-order chi connectivity index (χ0) is 12.3. The van der Waals surface area contributed by atoms with Crippen molar-refractivity contribution in [1.29, 1.82) is 0 Å². The molecule has 0 atom stereocenters. The van der Waals surface area contributed by atoms with E-state index in [0.29, 0.717) is 18.7 Å². The lowest BCUT2D eigenvalue weighted by atomic mass is 10.1. The third kappa shape index (κ3) is 3.06. The Balaban J connectivity index is 1.99. The molecule has 4 heteroatoms. The number of piperidine rings is 1. The van der Waals surface area contributed by atoms with E-state index in [-0.39, 0.29) is 12.3 Å². The lowest BCUT2D eigenvalue weighted by Gasteiger charge is -2.24. The van der Waals surface area contributed by atoms with Gasteiger partial charge < -0.3 is 9.64 Å². The Morgan fingerprint density at radius 1 is 1.41 bits per heavy atom. The summed E-state index contributed by atoms with van der Waals surface area (Å²) < 4.78 is 5.22. The van der Waals surface area contributed by atoms with E-state index in [1.165, 1.54) is 4.90 Å². The molecule has 4 nitrogen and oxygen atoms in total. The van der Waals surface area contributed by atoms with Crippen LogP contribution in [0.1, 0.15) is 18.4 Å². The van der Waals surface area contributed by atoms with Crippen LogP contribution in [0.15, 0.2) is 24.3 Å². The van der Waals surface area contributed by atoms with Gasteiger partial charge in [0.2, 0.25) is 0 Å². The number of hydrogen-bond donors (Lipinski definition) is 0. The largest absolute Gasteiger partial charge is 0.415 e. The minimum absolute atomic E-state index is 0.0949. The molecule has 0 aliphatic carbocycles. The maximum atomic E-state index is 11.8. The number of likely N-dealkylation sites (tertiary alicyclic amines) is 1. The molecule has 1 amide bonds. The fourth-order valence-electron chi connectivity index (χ4n) is 1.84. The molecule has 1 aromatic rings. The van der Waals surface area contributed by atoms with Crippen molar-refractivity contribution >= 4 is 11.9 Å². The van der Waals surface area contributed by atoms with Crippen LogP contribution in [-0.2, 0) is 4.79 Å². The number of ether oxygens (including phenoxy) is 1. The molecule has 0 unspecified atom stereocenters. The fraction of sp³-hybridized carbons (Fsp3) is 0.385. The number of aryl methyl sites for hydroxylation is 1. The molecule has 0 saturated carbocycles. The van der Waals surface area contributed by atoms with Crippen LogP contribution in [0.3, 0.4) is 0 Å². The van der Waals surface area contributed by atoms with E-state index < -0.39 is 6.09 Å². The first-order chi connectivity index (χ1) is 8.15. The van der Waals surface area contributed by atoms with Crippen LogP contribution >= 0.6 is 0 Å². The van der Waals surface area contributed by atoms with E-state index in [2.05, 4.69) is 0 Å². The summed E-state index contributed by atoms with van der Waals surface area (Å²) in [5, 5.41) is 0. The van der Waals surface area contributed by atoms with E-state index in [1.807, 2.05) is 19.1 Å². The topological polar surface area (TPSA) is 46.6 Å². The van der Waals surface area contributed by atoms with Crippen molar-refractivity contribution in [3.63, 3.8) is 0 Å². The molecule has 90 valence electrons. The normalized spacial score (nSPS) is 15.8. The average Bonchev–Trinajstić information content (AvgIpc) is 2.29. The number of ketones is 1. The number of benzene rings is 1. The van der Waals surface area contributed by atoms with Crippen molar-refractivity contribution in [3.8, 4) is 5.75 Å². The van der Waals surface area contributed by atoms with Crippen molar-refractivity contribution in [2.24, 2.45) is 0 Å². The second-order valence-corrected chi connectivity index (χ2v) is 4.25. The number of carbonyl (C=O) groups excluding carboxylic acids is 2. The number of Topliss-reactive ketones (excluding diaryl/α,β-unsaturated/α-hetero) is 1. The number of amides is 1. The van der Waals surface area contributed by atoms with Crippen LogP contribution < -0.4 is 4.74 Å². The van der Waals surface area contributed by atoms with E-state index >= 15 is 0 Å². The third-order valence-electron chi connectivity index (χ3n) is 2.70. The molecule has 0 radical (unpaired) electrons. The second-order valence-electron chi connectivity index (χ2n) is 4.25. The van der Waals surface area contributed by atoms with E-state index in [4.69, 9.17) is 4.74 Å². The lowest BCUT2D eigenvalue weighted by Crippen LogP contribution is -2.41. The molecule has 0 aromatic heterocycles. The minimum Gasteiger partial charge on any atom is -0.410 e. The number of hydrogen-bond acceptors (Lipinski definition) is 3. The van der Waals surface area contributed by atoms with Crippen LogP contribution in [0.4, 0.5) is 4.79 Å². The predicted octanol–water partition coefficient (Wildman–Crippen LogP) is 2.16. The summed E-state index contributed by atoms with van der Waals surface area (Å²) in [5.74, 6) is 0.616. The Morgan fingerprint density at radius 2 is 2.24 bits per heavy atom. The maximum Gasteiger partial charge on any atom is 0.415 e. The van der Waals surface area contributed by atoms with Crippen LogP contribution in [0.2, 0.25) is 0 Å². The predicted molar refractivity (Wildman–Crippen MR) is 63.0 cm³/mol. The van der Waals surface area contributed by atoms with Crippen LogP contribution in [0, 0.1) is 6.92 Å². The number of nitrogens with zero attached hydrogens (tertiary/aromatic N) is 1. The van der Waals surface area contributed by atoms with Gasteiger partial charge in [0.15, 0.2) is 5.78 Å². The first-order valence-corrected chi connectivity index (χ1v) is 5.70. The molecule has 1 fully saturated rings. The SMILES string of the molecule is Cc1cccc(OC(=O)N2CCCC(=O)C2)c1. The summed E-state index contributed by atoms with van der Waals surface area (Å²) in [4.78, 5) is 24.5. The first kappa shape index (κ1) is 11.6. The molecular formula is C13H15NO3. The van der Waals surface area contributed by atoms with Gasteiger partial charge in [0.25, 0.3) is 0 Å². The minimum atomic E-state index is -0.441. The maximum absolute atomic E-state index is 11.8. The summed E-state index contributed by atoms with van der Waals surface area (Å²) in [7, 11) is 0. The van der Waals surface area contributed by atoms with Gasteiger partial charge in [-0.3, -0.25) is 4.79 Å². The molecule has 0 N–H and O–H groups in total. The van der Waals surface area contributed by atoms with Crippen LogP contribution in [-0.4, -0.2) is 29.9 Å². The highest BCUT2D eigenvalue weighted by molar-refractivity contribution is 5.85. The van der Waals surface area contributed by atoms with Gasteiger partial charge in [-0.15, -0.1) is 0 Å². The summed E-state index contributed by atoms with van der Waals surface area (Å²) in [5.41, 5.74) is 1.03. The zero-order valence-electron chi connectivity index (χ0n) is 9.81. The van der Waals surface area contributed by atoms with Gasteiger partial charge in [-0.1, -0.05) is 12.1 Å². The van der Waals surface area contributed by atoms with Crippen molar-refractivity contribution < 1.29 is 14.3 Å². The monoisotopic (exact) mass is 233 g/mol. The molecule has 2 rings (SSSR count). The van der Waals surface area contributed by atoms with Crippen molar-refractivity contribution in [3.05, 3.63) is 29.8 Å². The van der Waals surface area contributed by atoms with Gasteiger partial charge >= 0.3 is 6.09 Å². The fourth-order valence-corrected chi connectivity index (χ4v) is 1.84. The van der Waals surface area contributed by atoms with E-state index in [1.54, 1.807) is 12.1 Å². The van der Waals surface area contributed by atoms with Crippen LogP contribution in [0.25, 0.3) is 0 Å². The average molecular weight is 233 g/mol. The van der Waals surface area contributed by atoms with Gasteiger partial charge in [0.05, 0.1) is 6.54 Å².